The zero-order valence-electron chi connectivity index (χ0n) is 10.2. The standard InChI is InChI=1S/C10H16F3N5/c1-3-15-7-4-8(18-9(14)17-7)16-6(2)5-10(11,12)13/h4,6H,3,5H2,1-2H3,(H4,14,15,16,17,18). The van der Waals surface area contributed by atoms with Gasteiger partial charge in [0.25, 0.3) is 0 Å². The molecule has 8 heteroatoms. The molecule has 0 amide bonds. The lowest BCUT2D eigenvalue weighted by molar-refractivity contribution is -0.136. The average Bonchev–Trinajstić information content (AvgIpc) is 2.12. The predicted molar refractivity (Wildman–Crippen MR) is 64.4 cm³/mol. The Kier molecular flexibility index (Phi) is 4.57. The van der Waals surface area contributed by atoms with Crippen LogP contribution in [0, 0.1) is 0 Å². The molecule has 102 valence electrons. The highest BCUT2D eigenvalue weighted by molar-refractivity contribution is 5.51. The predicted octanol–water partition coefficient (Wildman–Crippen LogP) is 2.24. The van der Waals surface area contributed by atoms with E-state index in [2.05, 4.69) is 20.6 Å². The van der Waals surface area contributed by atoms with Crippen molar-refractivity contribution in [3.05, 3.63) is 6.07 Å². The lowest BCUT2D eigenvalue weighted by Gasteiger charge is -2.17. The van der Waals surface area contributed by atoms with E-state index in [1.165, 1.54) is 13.0 Å². The van der Waals surface area contributed by atoms with E-state index < -0.39 is 18.6 Å². The van der Waals surface area contributed by atoms with Crippen LogP contribution in [0.3, 0.4) is 0 Å². The summed E-state index contributed by atoms with van der Waals surface area (Å²) in [6.45, 7) is 3.93. The Hall–Kier alpha value is -1.73. The topological polar surface area (TPSA) is 75.9 Å². The van der Waals surface area contributed by atoms with Crippen LogP contribution in [-0.4, -0.2) is 28.7 Å². The summed E-state index contributed by atoms with van der Waals surface area (Å²) in [4.78, 5) is 7.73. The molecule has 0 radical (unpaired) electrons. The van der Waals surface area contributed by atoms with E-state index in [9.17, 15) is 13.2 Å². The molecular formula is C10H16F3N5. The van der Waals surface area contributed by atoms with Gasteiger partial charge in [0.2, 0.25) is 5.95 Å². The molecule has 1 unspecified atom stereocenters. The molecule has 0 aliphatic carbocycles. The summed E-state index contributed by atoms with van der Waals surface area (Å²) < 4.78 is 36.5. The average molecular weight is 263 g/mol. The molecule has 0 spiro atoms. The number of aromatic nitrogens is 2. The minimum atomic E-state index is -4.21. The van der Waals surface area contributed by atoms with Gasteiger partial charge in [-0.1, -0.05) is 0 Å². The molecule has 1 aromatic heterocycles. The number of halogens is 3. The van der Waals surface area contributed by atoms with Gasteiger partial charge in [0.1, 0.15) is 11.6 Å². The van der Waals surface area contributed by atoms with Crippen molar-refractivity contribution in [3.63, 3.8) is 0 Å². The Bertz CT molecular complexity index is 394. The SMILES string of the molecule is CCNc1cc(NC(C)CC(F)(F)F)nc(N)n1. The summed E-state index contributed by atoms with van der Waals surface area (Å²) in [5, 5.41) is 5.56. The van der Waals surface area contributed by atoms with Gasteiger partial charge in [-0.3, -0.25) is 0 Å². The van der Waals surface area contributed by atoms with Crippen LogP contribution in [0.2, 0.25) is 0 Å². The first-order valence-electron chi connectivity index (χ1n) is 5.52. The van der Waals surface area contributed by atoms with Crippen LogP contribution in [0.5, 0.6) is 0 Å². The van der Waals surface area contributed by atoms with Crippen LogP contribution in [0.4, 0.5) is 30.8 Å². The number of nitrogen functional groups attached to an aromatic ring is 1. The minimum absolute atomic E-state index is 0.00941. The van der Waals surface area contributed by atoms with Crippen LogP contribution < -0.4 is 16.4 Å². The first-order valence-corrected chi connectivity index (χ1v) is 5.52. The Balaban J connectivity index is 2.71. The summed E-state index contributed by atoms with van der Waals surface area (Å²) in [5.74, 6) is 0.761. The molecule has 0 aliphatic heterocycles. The Morgan fingerprint density at radius 3 is 2.50 bits per heavy atom. The molecule has 1 atom stereocenters. The zero-order chi connectivity index (χ0) is 13.8. The van der Waals surface area contributed by atoms with Crippen LogP contribution in [0.25, 0.3) is 0 Å². The van der Waals surface area contributed by atoms with Crippen molar-refractivity contribution in [2.24, 2.45) is 0 Å². The van der Waals surface area contributed by atoms with Gasteiger partial charge >= 0.3 is 6.18 Å². The Labute approximate surface area is 103 Å². The lowest BCUT2D eigenvalue weighted by atomic mass is 10.2. The van der Waals surface area contributed by atoms with E-state index in [-0.39, 0.29) is 11.8 Å². The number of anilines is 3. The van der Waals surface area contributed by atoms with E-state index in [0.29, 0.717) is 12.4 Å². The maximum Gasteiger partial charge on any atom is 0.391 e. The van der Waals surface area contributed by atoms with E-state index in [1.54, 1.807) is 0 Å². The molecule has 0 aromatic carbocycles. The van der Waals surface area contributed by atoms with Crippen LogP contribution in [0.1, 0.15) is 20.3 Å². The van der Waals surface area contributed by atoms with Crippen molar-refractivity contribution < 1.29 is 13.2 Å². The smallest absolute Gasteiger partial charge is 0.370 e. The van der Waals surface area contributed by atoms with Crippen molar-refractivity contribution in [2.45, 2.75) is 32.5 Å². The van der Waals surface area contributed by atoms with Crippen molar-refractivity contribution in [1.82, 2.24) is 9.97 Å². The van der Waals surface area contributed by atoms with Crippen LogP contribution >= 0.6 is 0 Å². The molecule has 0 saturated heterocycles. The molecule has 0 aliphatic rings. The van der Waals surface area contributed by atoms with Gasteiger partial charge in [-0.05, 0) is 13.8 Å². The third-order valence-electron chi connectivity index (χ3n) is 2.03. The van der Waals surface area contributed by atoms with Crippen LogP contribution in [0.15, 0.2) is 6.07 Å². The van der Waals surface area contributed by atoms with Gasteiger partial charge in [-0.25, -0.2) is 0 Å². The Morgan fingerprint density at radius 2 is 1.94 bits per heavy atom. The van der Waals surface area contributed by atoms with Gasteiger partial charge in [0.15, 0.2) is 0 Å². The second-order valence-corrected chi connectivity index (χ2v) is 3.89. The molecule has 0 fully saturated rings. The third kappa shape index (κ3) is 5.07. The van der Waals surface area contributed by atoms with E-state index in [4.69, 9.17) is 5.73 Å². The molecule has 0 saturated carbocycles. The summed E-state index contributed by atoms with van der Waals surface area (Å²) in [6, 6.07) is 0.737. The van der Waals surface area contributed by atoms with E-state index in [1.807, 2.05) is 6.92 Å². The van der Waals surface area contributed by atoms with Crippen LogP contribution in [-0.2, 0) is 0 Å². The van der Waals surface area contributed by atoms with Crippen molar-refractivity contribution in [2.75, 3.05) is 22.9 Å². The second-order valence-electron chi connectivity index (χ2n) is 3.89. The number of rotatable bonds is 5. The number of nitrogens with zero attached hydrogens (tertiary/aromatic N) is 2. The summed E-state index contributed by atoms with van der Waals surface area (Å²) >= 11 is 0. The highest BCUT2D eigenvalue weighted by atomic mass is 19.4. The van der Waals surface area contributed by atoms with E-state index in [0.717, 1.165) is 0 Å². The zero-order valence-corrected chi connectivity index (χ0v) is 10.2. The summed E-state index contributed by atoms with van der Waals surface area (Å²) in [5.41, 5.74) is 5.47. The lowest BCUT2D eigenvalue weighted by Crippen LogP contribution is -2.24. The van der Waals surface area contributed by atoms with Crippen molar-refractivity contribution in [3.8, 4) is 0 Å². The van der Waals surface area contributed by atoms with Gasteiger partial charge < -0.3 is 16.4 Å². The number of nitrogens with one attached hydrogen (secondary N) is 2. The number of hydrogen-bond acceptors (Lipinski definition) is 5. The van der Waals surface area contributed by atoms with Gasteiger partial charge in [-0.15, -0.1) is 0 Å². The minimum Gasteiger partial charge on any atom is -0.370 e. The molecule has 5 nitrogen and oxygen atoms in total. The van der Waals surface area contributed by atoms with Crippen molar-refractivity contribution in [1.29, 1.82) is 0 Å². The first kappa shape index (κ1) is 14.3. The molecule has 1 rings (SSSR count). The molecule has 0 bridgehead atoms. The fraction of sp³-hybridized carbons (Fsp3) is 0.600. The normalized spacial score (nSPS) is 13.2. The second kappa shape index (κ2) is 5.74. The maximum absolute atomic E-state index is 12.2. The summed E-state index contributed by atoms with van der Waals surface area (Å²) in [7, 11) is 0. The molecule has 1 aromatic rings. The fourth-order valence-corrected chi connectivity index (χ4v) is 1.46. The van der Waals surface area contributed by atoms with Gasteiger partial charge in [0, 0.05) is 18.7 Å². The molecule has 18 heavy (non-hydrogen) atoms. The quantitative estimate of drug-likeness (QED) is 0.759. The van der Waals surface area contributed by atoms with Gasteiger partial charge in [0.05, 0.1) is 6.42 Å². The molecule has 1 heterocycles. The highest BCUT2D eigenvalue weighted by Gasteiger charge is 2.30. The summed E-state index contributed by atoms with van der Waals surface area (Å²) in [6.07, 6.45) is -5.15. The van der Waals surface area contributed by atoms with E-state index >= 15 is 0 Å². The monoisotopic (exact) mass is 263 g/mol. The van der Waals surface area contributed by atoms with Crippen molar-refractivity contribution >= 4 is 17.6 Å². The van der Waals surface area contributed by atoms with Gasteiger partial charge in [-0.2, -0.15) is 23.1 Å². The number of nitrogens with two attached hydrogens (primary N) is 1. The number of hydrogen-bond donors (Lipinski definition) is 3. The number of alkyl halides is 3. The maximum atomic E-state index is 12.2. The molecule has 4 N–H and O–H groups in total. The highest BCUT2D eigenvalue weighted by Crippen LogP contribution is 2.23. The Morgan fingerprint density at radius 1 is 1.33 bits per heavy atom. The largest absolute Gasteiger partial charge is 0.391 e. The fourth-order valence-electron chi connectivity index (χ4n) is 1.46. The first-order chi connectivity index (χ1) is 8.30. The third-order valence-corrected chi connectivity index (χ3v) is 2.03. The molecular weight excluding hydrogens is 247 g/mol.